The maximum atomic E-state index is 12.8. The van der Waals surface area contributed by atoms with E-state index >= 15 is 0 Å². The van der Waals surface area contributed by atoms with Gasteiger partial charge in [-0.05, 0) is 53.1 Å². The van der Waals surface area contributed by atoms with Gasteiger partial charge in [0, 0.05) is 13.2 Å². The van der Waals surface area contributed by atoms with E-state index in [4.69, 9.17) is 17.9 Å². The van der Waals surface area contributed by atoms with Crippen LogP contribution in [0.3, 0.4) is 0 Å². The van der Waals surface area contributed by atoms with E-state index < -0.39 is 27.1 Å². The Morgan fingerprint density at radius 2 is 1.33 bits per heavy atom. The van der Waals surface area contributed by atoms with Crippen LogP contribution in [-0.2, 0) is 22.5 Å². The average Bonchev–Trinajstić information content (AvgIpc) is 2.35. The molecule has 21 heavy (non-hydrogen) atoms. The van der Waals surface area contributed by atoms with Crippen molar-refractivity contribution in [3.8, 4) is 0 Å². The third kappa shape index (κ3) is 11.7. The molecule has 0 aromatic carbocycles. The first-order valence-electron chi connectivity index (χ1n) is 7.94. The minimum atomic E-state index is -3.02. The van der Waals surface area contributed by atoms with Gasteiger partial charge in [0.25, 0.3) is 0 Å². The molecule has 8 heteroatoms. The van der Waals surface area contributed by atoms with Gasteiger partial charge in [-0.1, -0.05) is 0 Å². The second kappa shape index (κ2) is 12.0. The fourth-order valence-electron chi connectivity index (χ4n) is 1.90. The maximum Gasteiger partial charge on any atom is 0.331 e. The van der Waals surface area contributed by atoms with Crippen LogP contribution >= 0.6 is 7.60 Å². The molecule has 0 fully saturated rings. The molecular formula is C13H33O5PSi2. The first-order valence-corrected chi connectivity index (χ1v) is 12.5. The van der Waals surface area contributed by atoms with Crippen molar-refractivity contribution in [1.29, 1.82) is 0 Å². The predicted octanol–water partition coefficient (Wildman–Crippen LogP) is 2.41. The second-order valence-corrected chi connectivity index (χ2v) is 12.7. The normalized spacial score (nSPS) is 15.2. The molecule has 0 aromatic heterocycles. The van der Waals surface area contributed by atoms with Crippen LogP contribution in [0.4, 0.5) is 0 Å². The molecule has 128 valence electrons. The Kier molecular flexibility index (Phi) is 12.3. The van der Waals surface area contributed by atoms with Crippen LogP contribution in [0.2, 0.25) is 5.16 Å². The highest BCUT2D eigenvalue weighted by molar-refractivity contribution is 7.53. The lowest BCUT2D eigenvalue weighted by molar-refractivity contribution is 0.142. The van der Waals surface area contributed by atoms with E-state index in [0.717, 1.165) is 19.6 Å². The van der Waals surface area contributed by atoms with E-state index in [2.05, 4.69) is 0 Å². The lowest BCUT2D eigenvalue weighted by Gasteiger charge is -2.24. The highest BCUT2D eigenvalue weighted by Gasteiger charge is 2.29. The van der Waals surface area contributed by atoms with Gasteiger partial charge in [-0.15, -0.1) is 0 Å². The van der Waals surface area contributed by atoms with Crippen molar-refractivity contribution in [2.75, 3.05) is 19.4 Å². The molecule has 0 radical (unpaired) electrons. The molecule has 0 aliphatic rings. The molecule has 0 aliphatic heterocycles. The molecule has 0 bridgehead atoms. The van der Waals surface area contributed by atoms with E-state index in [9.17, 15) is 4.57 Å². The van der Waals surface area contributed by atoms with E-state index in [-0.39, 0.29) is 12.2 Å². The molecule has 0 spiro atoms. The Morgan fingerprint density at radius 3 is 1.67 bits per heavy atom. The Hall–Kier alpha value is 0.504. The van der Waals surface area contributed by atoms with Gasteiger partial charge in [0.1, 0.15) is 0 Å². The first-order chi connectivity index (χ1) is 9.83. The summed E-state index contributed by atoms with van der Waals surface area (Å²) in [5.74, 6) is 0. The molecule has 0 saturated heterocycles. The minimum absolute atomic E-state index is 0.0960. The van der Waals surface area contributed by atoms with Gasteiger partial charge >= 0.3 is 7.60 Å². The minimum Gasteiger partial charge on any atom is -0.424 e. The summed E-state index contributed by atoms with van der Waals surface area (Å²) in [6.07, 6.45) is 1.10. The van der Waals surface area contributed by atoms with E-state index in [1.807, 2.05) is 41.5 Å². The van der Waals surface area contributed by atoms with E-state index in [0.29, 0.717) is 11.3 Å². The summed E-state index contributed by atoms with van der Waals surface area (Å²) in [5.41, 5.74) is 0. The van der Waals surface area contributed by atoms with Gasteiger partial charge in [-0.3, -0.25) is 4.57 Å². The van der Waals surface area contributed by atoms with Crippen molar-refractivity contribution in [2.24, 2.45) is 0 Å². The highest BCUT2D eigenvalue weighted by Crippen LogP contribution is 2.51. The summed E-state index contributed by atoms with van der Waals surface area (Å²) >= 11 is 0. The van der Waals surface area contributed by atoms with Gasteiger partial charge in [0.05, 0.1) is 18.4 Å². The Balaban J connectivity index is 4.53. The zero-order valence-electron chi connectivity index (χ0n) is 14.5. The van der Waals surface area contributed by atoms with Gasteiger partial charge in [0.2, 0.25) is 0 Å². The zero-order chi connectivity index (χ0) is 16.3. The van der Waals surface area contributed by atoms with E-state index in [1.165, 1.54) is 0 Å². The predicted molar refractivity (Wildman–Crippen MR) is 93.6 cm³/mol. The smallest absolute Gasteiger partial charge is 0.331 e. The van der Waals surface area contributed by atoms with Crippen molar-refractivity contribution >= 4 is 27.1 Å². The van der Waals surface area contributed by atoms with Crippen LogP contribution in [0, 0.1) is 0 Å². The molecule has 0 saturated carbocycles. The monoisotopic (exact) mass is 356 g/mol. The van der Waals surface area contributed by atoms with Gasteiger partial charge in [-0.2, -0.15) is 0 Å². The number of hydrogen-bond donors (Lipinski definition) is 0. The molecule has 0 rings (SSSR count). The molecular weight excluding hydrogens is 323 g/mol. The molecule has 0 heterocycles. The van der Waals surface area contributed by atoms with Crippen LogP contribution in [-0.4, -0.2) is 51.1 Å². The van der Waals surface area contributed by atoms with E-state index in [1.54, 1.807) is 0 Å². The zero-order valence-corrected chi connectivity index (χ0v) is 18.2. The van der Waals surface area contributed by atoms with Crippen LogP contribution in [0.15, 0.2) is 0 Å². The maximum absolute atomic E-state index is 12.8. The quantitative estimate of drug-likeness (QED) is 0.375. The van der Waals surface area contributed by atoms with Gasteiger partial charge in [-0.25, -0.2) is 0 Å². The first kappa shape index (κ1) is 21.5. The Bertz CT molecular complexity index is 280. The van der Waals surface area contributed by atoms with Crippen LogP contribution < -0.4 is 0 Å². The van der Waals surface area contributed by atoms with Crippen molar-refractivity contribution in [3.05, 3.63) is 0 Å². The summed E-state index contributed by atoms with van der Waals surface area (Å²) in [4.78, 5) is 0. The number of rotatable bonds is 13. The summed E-state index contributed by atoms with van der Waals surface area (Å²) in [6, 6.07) is 0. The van der Waals surface area contributed by atoms with Crippen LogP contribution in [0.25, 0.3) is 0 Å². The van der Waals surface area contributed by atoms with Crippen molar-refractivity contribution in [2.45, 2.75) is 65.3 Å². The lowest BCUT2D eigenvalue weighted by Crippen LogP contribution is -2.20. The topological polar surface area (TPSA) is 54.0 Å². The fourth-order valence-corrected chi connectivity index (χ4v) is 8.08. The fraction of sp³-hybridized carbons (Fsp3) is 1.00. The van der Waals surface area contributed by atoms with Crippen LogP contribution in [0.1, 0.15) is 48.0 Å². The van der Waals surface area contributed by atoms with Crippen molar-refractivity contribution < 1.29 is 22.5 Å². The summed E-state index contributed by atoms with van der Waals surface area (Å²) in [5, 5.41) is 0.491. The van der Waals surface area contributed by atoms with Gasteiger partial charge in [0.15, 0.2) is 19.5 Å². The largest absolute Gasteiger partial charge is 0.424 e. The average molecular weight is 357 g/mol. The Morgan fingerprint density at radius 1 is 0.905 bits per heavy atom. The lowest BCUT2D eigenvalue weighted by atomic mass is 10.5. The summed E-state index contributed by atoms with van der Waals surface area (Å²) in [6.45, 7) is 13.1. The number of hydrogen-bond acceptors (Lipinski definition) is 5. The van der Waals surface area contributed by atoms with Crippen LogP contribution in [0.5, 0.6) is 0 Å². The third-order valence-electron chi connectivity index (χ3n) is 2.67. The summed E-state index contributed by atoms with van der Waals surface area (Å²) < 4.78 is 35.3. The molecule has 0 N–H and O–H groups in total. The molecule has 5 nitrogen and oxygen atoms in total. The van der Waals surface area contributed by atoms with Crippen molar-refractivity contribution in [1.82, 2.24) is 0 Å². The SMILES string of the molecule is CCO[SiH2]C(CCP(=O)(OC(C)C)OC(C)C)[SiH2]OCC. The van der Waals surface area contributed by atoms with Gasteiger partial charge < -0.3 is 17.9 Å². The van der Waals surface area contributed by atoms with Crippen molar-refractivity contribution in [3.63, 3.8) is 0 Å². The molecule has 0 unspecified atom stereocenters. The Labute approximate surface area is 134 Å². The molecule has 0 aromatic rings. The molecule has 0 atom stereocenters. The summed E-state index contributed by atoms with van der Waals surface area (Å²) in [7, 11) is -4.24. The molecule has 0 amide bonds. The third-order valence-corrected chi connectivity index (χ3v) is 9.42. The second-order valence-electron chi connectivity index (χ2n) is 5.62. The molecule has 0 aliphatic carbocycles. The standard InChI is InChI=1S/C13H33O5PSi2/c1-7-15-20-13(21-16-8-2)9-10-19(14,17-11(3)4)18-12(5)6/h11-13H,7-10,20-21H2,1-6H3. The highest BCUT2D eigenvalue weighted by atomic mass is 31.2.